The van der Waals surface area contributed by atoms with Crippen molar-refractivity contribution in [2.75, 3.05) is 13.7 Å². The van der Waals surface area contributed by atoms with E-state index in [0.29, 0.717) is 18.5 Å². The Kier molecular flexibility index (Phi) is 6.62. The fraction of sp³-hybridized carbons (Fsp3) is 0.333. The number of ether oxygens (including phenoxy) is 1. The average Bonchev–Trinajstić information content (AvgIpc) is 2.46. The van der Waals surface area contributed by atoms with E-state index in [-0.39, 0.29) is 12.3 Å². The summed E-state index contributed by atoms with van der Waals surface area (Å²) in [6.07, 6.45) is -1.12. The molecule has 4 nitrogen and oxygen atoms in total. The number of hydrogen-bond acceptors (Lipinski definition) is 3. The highest BCUT2D eigenvalue weighted by molar-refractivity contribution is 5.81. The number of halogens is 3. The van der Waals surface area contributed by atoms with Crippen molar-refractivity contribution in [1.82, 2.24) is 5.32 Å². The molecule has 22 heavy (non-hydrogen) atoms. The van der Waals surface area contributed by atoms with Crippen molar-refractivity contribution in [3.05, 3.63) is 47.5 Å². The van der Waals surface area contributed by atoms with Crippen LogP contribution in [0.2, 0.25) is 0 Å². The van der Waals surface area contributed by atoms with Gasteiger partial charge in [-0.25, -0.2) is 4.79 Å². The van der Waals surface area contributed by atoms with Crippen LogP contribution in [0.1, 0.15) is 17.5 Å². The molecule has 7 heteroatoms. The molecule has 0 saturated carbocycles. The largest absolute Gasteiger partial charge is 0.466 e. The molecule has 1 N–H and O–H groups in total. The Bertz CT molecular complexity index is 536. The zero-order valence-electron chi connectivity index (χ0n) is 11.9. The van der Waals surface area contributed by atoms with E-state index in [4.69, 9.17) is 0 Å². The lowest BCUT2D eigenvalue weighted by atomic mass is 10.1. The Morgan fingerprint density at radius 1 is 1.23 bits per heavy atom. The van der Waals surface area contributed by atoms with Crippen LogP contribution in [0.3, 0.4) is 0 Å². The standard InChI is InChI=1S/C15H16F3NO3/c1-22-14(21)4-2-3-9-19-13(20)10-11-5-7-12(8-6-11)15(16,17)18/h2,4-8H,3,9-10H2,1H3,(H,19,20)/b4-2+. The van der Waals surface area contributed by atoms with Crippen molar-refractivity contribution < 1.29 is 27.5 Å². The summed E-state index contributed by atoms with van der Waals surface area (Å²) < 4.78 is 41.6. The quantitative estimate of drug-likeness (QED) is 0.498. The van der Waals surface area contributed by atoms with Crippen LogP contribution in [0.5, 0.6) is 0 Å². The highest BCUT2D eigenvalue weighted by Crippen LogP contribution is 2.29. The van der Waals surface area contributed by atoms with Crippen LogP contribution in [0.4, 0.5) is 13.2 Å². The fourth-order valence-corrected chi connectivity index (χ4v) is 1.60. The third kappa shape index (κ3) is 6.43. The zero-order valence-corrected chi connectivity index (χ0v) is 11.9. The van der Waals surface area contributed by atoms with Crippen LogP contribution in [0.25, 0.3) is 0 Å². The fourth-order valence-electron chi connectivity index (χ4n) is 1.60. The van der Waals surface area contributed by atoms with Crippen molar-refractivity contribution in [3.63, 3.8) is 0 Å². The number of methoxy groups -OCH3 is 1. The lowest BCUT2D eigenvalue weighted by Crippen LogP contribution is -2.25. The van der Waals surface area contributed by atoms with Gasteiger partial charge in [0.1, 0.15) is 0 Å². The molecule has 1 aromatic carbocycles. The number of carbonyl (C=O) groups excluding carboxylic acids is 2. The van der Waals surface area contributed by atoms with Gasteiger partial charge in [0.15, 0.2) is 0 Å². The Balaban J connectivity index is 2.36. The molecule has 0 atom stereocenters. The average molecular weight is 315 g/mol. The molecule has 120 valence electrons. The van der Waals surface area contributed by atoms with Crippen LogP contribution in [0.15, 0.2) is 36.4 Å². The van der Waals surface area contributed by atoms with Crippen molar-refractivity contribution in [1.29, 1.82) is 0 Å². The molecule has 0 unspecified atom stereocenters. The van der Waals surface area contributed by atoms with Gasteiger partial charge in [-0.1, -0.05) is 18.2 Å². The summed E-state index contributed by atoms with van der Waals surface area (Å²) in [5, 5.41) is 2.60. The molecule has 0 aliphatic carbocycles. The molecule has 1 rings (SSSR count). The Hall–Kier alpha value is -2.31. The highest BCUT2D eigenvalue weighted by atomic mass is 19.4. The van der Waals surface area contributed by atoms with Gasteiger partial charge in [0.2, 0.25) is 5.91 Å². The van der Waals surface area contributed by atoms with Gasteiger partial charge in [0.05, 0.1) is 19.1 Å². The first-order valence-corrected chi connectivity index (χ1v) is 6.50. The van der Waals surface area contributed by atoms with E-state index < -0.39 is 17.7 Å². The molecule has 0 aliphatic heterocycles. The number of alkyl halides is 3. The summed E-state index contributed by atoms with van der Waals surface area (Å²) in [6.45, 7) is 0.326. The van der Waals surface area contributed by atoms with Gasteiger partial charge in [0.25, 0.3) is 0 Å². The third-order valence-corrected chi connectivity index (χ3v) is 2.73. The third-order valence-electron chi connectivity index (χ3n) is 2.73. The van der Waals surface area contributed by atoms with E-state index in [1.54, 1.807) is 6.08 Å². The second kappa shape index (κ2) is 8.21. The monoisotopic (exact) mass is 315 g/mol. The number of esters is 1. The molecular formula is C15H16F3NO3. The number of benzene rings is 1. The molecule has 0 bridgehead atoms. The molecule has 0 spiro atoms. The number of hydrogen-bond donors (Lipinski definition) is 1. The van der Waals surface area contributed by atoms with Crippen molar-refractivity contribution in [3.8, 4) is 0 Å². The molecule has 0 saturated heterocycles. The molecule has 0 heterocycles. The Morgan fingerprint density at radius 2 is 1.86 bits per heavy atom. The maximum Gasteiger partial charge on any atom is 0.416 e. The van der Waals surface area contributed by atoms with Gasteiger partial charge >= 0.3 is 12.1 Å². The maximum atomic E-state index is 12.4. The molecular weight excluding hydrogens is 299 g/mol. The summed E-state index contributed by atoms with van der Waals surface area (Å²) >= 11 is 0. The summed E-state index contributed by atoms with van der Waals surface area (Å²) in [7, 11) is 1.26. The number of carbonyl (C=O) groups is 2. The molecule has 1 amide bonds. The number of nitrogens with one attached hydrogen (secondary N) is 1. The molecule has 0 aromatic heterocycles. The van der Waals surface area contributed by atoms with Gasteiger partial charge in [-0.3, -0.25) is 4.79 Å². The highest BCUT2D eigenvalue weighted by Gasteiger charge is 2.29. The minimum absolute atomic E-state index is 0.00114. The van der Waals surface area contributed by atoms with Gasteiger partial charge in [-0.15, -0.1) is 0 Å². The number of amides is 1. The molecule has 0 radical (unpaired) electrons. The number of rotatable bonds is 6. The first-order chi connectivity index (χ1) is 10.3. The Morgan fingerprint density at radius 3 is 2.41 bits per heavy atom. The van der Waals surface area contributed by atoms with E-state index in [0.717, 1.165) is 12.1 Å². The van der Waals surface area contributed by atoms with Crippen molar-refractivity contribution >= 4 is 11.9 Å². The summed E-state index contributed by atoms with van der Waals surface area (Å²) in [5.41, 5.74) is -0.250. The van der Waals surface area contributed by atoms with E-state index in [1.165, 1.54) is 25.3 Å². The topological polar surface area (TPSA) is 55.4 Å². The van der Waals surface area contributed by atoms with Crippen LogP contribution < -0.4 is 5.32 Å². The molecule has 0 aliphatic rings. The van der Waals surface area contributed by atoms with E-state index in [9.17, 15) is 22.8 Å². The van der Waals surface area contributed by atoms with Crippen molar-refractivity contribution in [2.24, 2.45) is 0 Å². The summed E-state index contributed by atoms with van der Waals surface area (Å²) in [5.74, 6) is -0.776. The van der Waals surface area contributed by atoms with E-state index in [1.807, 2.05) is 0 Å². The summed E-state index contributed by atoms with van der Waals surface area (Å²) in [4.78, 5) is 22.4. The van der Waals surface area contributed by atoms with Crippen LogP contribution in [-0.2, 0) is 26.9 Å². The first-order valence-electron chi connectivity index (χ1n) is 6.50. The second-order valence-electron chi connectivity index (χ2n) is 4.44. The van der Waals surface area contributed by atoms with E-state index >= 15 is 0 Å². The predicted molar refractivity (Wildman–Crippen MR) is 73.9 cm³/mol. The SMILES string of the molecule is COC(=O)/C=C/CCNC(=O)Cc1ccc(C(F)(F)F)cc1. The van der Waals surface area contributed by atoms with Gasteiger partial charge in [0, 0.05) is 12.6 Å². The normalized spacial score (nSPS) is 11.5. The lowest BCUT2D eigenvalue weighted by molar-refractivity contribution is -0.137. The molecule has 1 aromatic rings. The van der Waals surface area contributed by atoms with E-state index in [2.05, 4.69) is 10.1 Å². The Labute approximate surface area is 126 Å². The van der Waals surface area contributed by atoms with Crippen molar-refractivity contribution in [2.45, 2.75) is 19.0 Å². The zero-order chi connectivity index (χ0) is 16.6. The van der Waals surface area contributed by atoms with Crippen LogP contribution >= 0.6 is 0 Å². The second-order valence-corrected chi connectivity index (χ2v) is 4.44. The van der Waals surface area contributed by atoms with Crippen LogP contribution in [-0.4, -0.2) is 25.5 Å². The minimum atomic E-state index is -4.38. The predicted octanol–water partition coefficient (Wildman–Crippen LogP) is 2.48. The van der Waals surface area contributed by atoms with Gasteiger partial charge in [-0.05, 0) is 24.1 Å². The van der Waals surface area contributed by atoms with Crippen LogP contribution in [0, 0.1) is 0 Å². The van der Waals surface area contributed by atoms with Gasteiger partial charge < -0.3 is 10.1 Å². The first kappa shape index (κ1) is 17.7. The van der Waals surface area contributed by atoms with Gasteiger partial charge in [-0.2, -0.15) is 13.2 Å². The maximum absolute atomic E-state index is 12.4. The summed E-state index contributed by atoms with van der Waals surface area (Å²) in [6, 6.07) is 4.45. The minimum Gasteiger partial charge on any atom is -0.466 e. The smallest absolute Gasteiger partial charge is 0.416 e. The lowest BCUT2D eigenvalue weighted by Gasteiger charge is -2.08. The molecule has 0 fully saturated rings.